The van der Waals surface area contributed by atoms with Gasteiger partial charge in [-0.3, -0.25) is 4.79 Å². The smallest absolute Gasteiger partial charge is 0.151 e. The molecule has 0 aromatic carbocycles. The van der Waals surface area contributed by atoms with Crippen LogP contribution >= 0.6 is 23.5 Å². The fraction of sp³-hybridized carbons (Fsp3) is 0.500. The summed E-state index contributed by atoms with van der Waals surface area (Å²) in [6.45, 7) is 0. The van der Waals surface area contributed by atoms with Crippen molar-refractivity contribution in [1.29, 1.82) is 0 Å². The van der Waals surface area contributed by atoms with Crippen molar-refractivity contribution in [3.63, 3.8) is 0 Å². The van der Waals surface area contributed by atoms with E-state index in [4.69, 9.17) is 4.42 Å². The molecule has 2 heterocycles. The number of furan rings is 1. The molecule has 0 saturated carbocycles. The Morgan fingerprint density at radius 3 is 3.14 bits per heavy atom. The molecular weight excluding hydrogens is 216 g/mol. The second-order valence-electron chi connectivity index (χ2n) is 3.21. The largest absolute Gasteiger partial charge is 0.472 e. The molecule has 1 unspecified atom stereocenters. The molecule has 1 aromatic heterocycles. The van der Waals surface area contributed by atoms with Gasteiger partial charge in [0, 0.05) is 23.7 Å². The molecule has 1 fully saturated rings. The highest BCUT2D eigenvalue weighted by Crippen LogP contribution is 2.25. The van der Waals surface area contributed by atoms with Gasteiger partial charge in [-0.05, 0) is 11.6 Å². The second-order valence-corrected chi connectivity index (χ2v) is 5.67. The van der Waals surface area contributed by atoms with Gasteiger partial charge in [0.15, 0.2) is 5.78 Å². The van der Waals surface area contributed by atoms with Gasteiger partial charge < -0.3 is 4.42 Å². The maximum Gasteiger partial charge on any atom is 0.151 e. The highest BCUT2D eigenvalue weighted by Gasteiger charge is 2.22. The average molecular weight is 228 g/mol. The molecule has 4 heteroatoms. The van der Waals surface area contributed by atoms with Crippen molar-refractivity contribution in [3.8, 4) is 0 Å². The summed E-state index contributed by atoms with van der Waals surface area (Å²) in [5.74, 6) is 3.59. The van der Waals surface area contributed by atoms with Gasteiger partial charge >= 0.3 is 0 Å². The van der Waals surface area contributed by atoms with Crippen LogP contribution in [-0.2, 0) is 11.2 Å². The van der Waals surface area contributed by atoms with Crippen LogP contribution in [0.3, 0.4) is 0 Å². The maximum absolute atomic E-state index is 11.8. The quantitative estimate of drug-likeness (QED) is 0.793. The summed E-state index contributed by atoms with van der Waals surface area (Å²) >= 11 is 3.67. The Morgan fingerprint density at radius 1 is 1.57 bits per heavy atom. The molecule has 1 aliphatic rings. The van der Waals surface area contributed by atoms with Crippen molar-refractivity contribution in [2.24, 2.45) is 0 Å². The molecule has 0 radical (unpaired) electrons. The monoisotopic (exact) mass is 228 g/mol. The third-order valence-corrected chi connectivity index (χ3v) is 4.94. The zero-order valence-electron chi connectivity index (χ0n) is 7.77. The lowest BCUT2D eigenvalue weighted by molar-refractivity contribution is -0.117. The number of carbonyl (C=O) groups excluding carboxylic acids is 1. The van der Waals surface area contributed by atoms with E-state index in [9.17, 15) is 4.79 Å². The summed E-state index contributed by atoms with van der Waals surface area (Å²) in [7, 11) is 0. The van der Waals surface area contributed by atoms with Crippen molar-refractivity contribution in [1.82, 2.24) is 0 Å². The lowest BCUT2D eigenvalue weighted by Crippen LogP contribution is -2.25. The zero-order valence-corrected chi connectivity index (χ0v) is 9.40. The van der Waals surface area contributed by atoms with E-state index < -0.39 is 0 Å². The van der Waals surface area contributed by atoms with E-state index in [1.165, 1.54) is 5.75 Å². The summed E-state index contributed by atoms with van der Waals surface area (Å²) < 4.78 is 4.94. The van der Waals surface area contributed by atoms with Gasteiger partial charge in [-0.2, -0.15) is 11.8 Å². The minimum absolute atomic E-state index is 0.198. The maximum atomic E-state index is 11.8. The molecule has 2 rings (SSSR count). The number of ketones is 1. The van der Waals surface area contributed by atoms with Crippen LogP contribution < -0.4 is 0 Å². The Labute approximate surface area is 91.8 Å². The van der Waals surface area contributed by atoms with Gasteiger partial charge in [-0.1, -0.05) is 0 Å². The van der Waals surface area contributed by atoms with E-state index in [0.717, 1.165) is 17.1 Å². The zero-order chi connectivity index (χ0) is 9.80. The molecule has 0 bridgehead atoms. The van der Waals surface area contributed by atoms with Crippen LogP contribution in [0.5, 0.6) is 0 Å². The molecule has 0 N–H and O–H groups in total. The molecule has 0 aliphatic carbocycles. The molecule has 76 valence electrons. The first-order valence-electron chi connectivity index (χ1n) is 4.59. The Kier molecular flexibility index (Phi) is 3.59. The number of hydrogen-bond donors (Lipinski definition) is 0. The van der Waals surface area contributed by atoms with Crippen LogP contribution in [-0.4, -0.2) is 28.3 Å². The Hall–Kier alpha value is -0.350. The van der Waals surface area contributed by atoms with E-state index in [1.807, 2.05) is 17.8 Å². The minimum Gasteiger partial charge on any atom is -0.472 e. The molecule has 1 saturated heterocycles. The van der Waals surface area contributed by atoms with Gasteiger partial charge in [0.05, 0.1) is 17.8 Å². The third kappa shape index (κ3) is 2.58. The second kappa shape index (κ2) is 4.94. The molecule has 1 aliphatic heterocycles. The van der Waals surface area contributed by atoms with Crippen LogP contribution in [0.15, 0.2) is 23.0 Å². The van der Waals surface area contributed by atoms with Gasteiger partial charge in [-0.15, -0.1) is 11.8 Å². The predicted octanol–water partition coefficient (Wildman–Crippen LogP) is 2.24. The first kappa shape index (κ1) is 10.2. The van der Waals surface area contributed by atoms with E-state index in [-0.39, 0.29) is 5.25 Å². The van der Waals surface area contributed by atoms with Crippen LogP contribution in [0.25, 0.3) is 0 Å². The van der Waals surface area contributed by atoms with Crippen molar-refractivity contribution in [3.05, 3.63) is 24.2 Å². The fourth-order valence-corrected chi connectivity index (χ4v) is 4.03. The Balaban J connectivity index is 1.88. The van der Waals surface area contributed by atoms with Gasteiger partial charge in [0.1, 0.15) is 0 Å². The summed E-state index contributed by atoms with van der Waals surface area (Å²) in [4.78, 5) is 11.8. The lowest BCUT2D eigenvalue weighted by Gasteiger charge is -2.19. The van der Waals surface area contributed by atoms with Crippen LogP contribution in [0.2, 0.25) is 0 Å². The van der Waals surface area contributed by atoms with Crippen molar-refractivity contribution < 1.29 is 9.21 Å². The summed E-state index contributed by atoms with van der Waals surface area (Å²) in [5.41, 5.74) is 0.992. The van der Waals surface area contributed by atoms with Crippen molar-refractivity contribution >= 4 is 29.3 Å². The van der Waals surface area contributed by atoms with Gasteiger partial charge in [0.2, 0.25) is 0 Å². The SMILES string of the molecule is O=C(Cc1ccoc1)C1CSCCS1. The number of Topliss-reactive ketones (excluding diaryl/α,β-unsaturated/α-hetero) is 1. The third-order valence-electron chi connectivity index (χ3n) is 2.13. The van der Waals surface area contributed by atoms with Crippen molar-refractivity contribution in [2.45, 2.75) is 11.7 Å². The standard InChI is InChI=1S/C10H12O2S2/c11-9(5-8-1-2-12-6-8)10-7-13-3-4-14-10/h1-2,6,10H,3-5,7H2. The van der Waals surface area contributed by atoms with Crippen LogP contribution in [0.1, 0.15) is 5.56 Å². The minimum atomic E-state index is 0.198. The molecule has 1 atom stereocenters. The first-order chi connectivity index (χ1) is 6.86. The van der Waals surface area contributed by atoms with E-state index in [0.29, 0.717) is 12.2 Å². The number of carbonyl (C=O) groups is 1. The van der Waals surface area contributed by atoms with Crippen LogP contribution in [0, 0.1) is 0 Å². The van der Waals surface area contributed by atoms with Gasteiger partial charge in [-0.25, -0.2) is 0 Å². The average Bonchev–Trinajstić information content (AvgIpc) is 2.72. The normalized spacial score (nSPS) is 22.1. The molecule has 0 spiro atoms. The number of rotatable bonds is 3. The topological polar surface area (TPSA) is 30.2 Å². The predicted molar refractivity (Wildman–Crippen MR) is 61.0 cm³/mol. The lowest BCUT2D eigenvalue weighted by atomic mass is 10.1. The van der Waals surface area contributed by atoms with E-state index >= 15 is 0 Å². The Morgan fingerprint density at radius 2 is 2.50 bits per heavy atom. The van der Waals surface area contributed by atoms with Gasteiger partial charge in [0.25, 0.3) is 0 Å². The van der Waals surface area contributed by atoms with E-state index in [1.54, 1.807) is 24.3 Å². The first-order valence-corrected chi connectivity index (χ1v) is 6.80. The molecule has 2 nitrogen and oxygen atoms in total. The highest BCUT2D eigenvalue weighted by molar-refractivity contribution is 8.07. The number of thioether (sulfide) groups is 2. The Bertz CT molecular complexity index is 289. The fourth-order valence-electron chi connectivity index (χ4n) is 1.38. The highest BCUT2D eigenvalue weighted by atomic mass is 32.2. The molecular formula is C10H12O2S2. The summed E-state index contributed by atoms with van der Waals surface area (Å²) in [6.07, 6.45) is 3.79. The molecule has 0 amide bonds. The summed E-state index contributed by atoms with van der Waals surface area (Å²) in [5, 5.41) is 0.198. The van der Waals surface area contributed by atoms with Crippen molar-refractivity contribution in [2.75, 3.05) is 17.3 Å². The molecule has 14 heavy (non-hydrogen) atoms. The van der Waals surface area contributed by atoms with Crippen LogP contribution in [0.4, 0.5) is 0 Å². The van der Waals surface area contributed by atoms with E-state index in [2.05, 4.69) is 0 Å². The summed E-state index contributed by atoms with van der Waals surface area (Å²) in [6, 6.07) is 1.86. The number of hydrogen-bond acceptors (Lipinski definition) is 4. The molecule has 1 aromatic rings.